The molecule has 0 saturated carbocycles. The molecule has 1 heterocycles. The standard InChI is InChI=1S/C13H12N4O3/c1-20-10-4-2-9(3-5-10)8-14-17-13(19)11-6-7-12(18)16-15-11/h2-8H,1H3,(H,16,18)(H,17,19). The second-order valence-electron chi connectivity index (χ2n) is 3.78. The van der Waals surface area contributed by atoms with Gasteiger partial charge in [0.05, 0.1) is 13.3 Å². The van der Waals surface area contributed by atoms with Gasteiger partial charge in [0.25, 0.3) is 11.5 Å². The summed E-state index contributed by atoms with van der Waals surface area (Å²) in [5.41, 5.74) is 2.82. The van der Waals surface area contributed by atoms with Crippen molar-refractivity contribution in [2.45, 2.75) is 0 Å². The van der Waals surface area contributed by atoms with E-state index in [2.05, 4.69) is 20.7 Å². The van der Waals surface area contributed by atoms with Gasteiger partial charge in [0, 0.05) is 6.07 Å². The van der Waals surface area contributed by atoms with Gasteiger partial charge >= 0.3 is 0 Å². The fourth-order valence-electron chi connectivity index (χ4n) is 1.38. The second-order valence-corrected chi connectivity index (χ2v) is 3.78. The van der Waals surface area contributed by atoms with E-state index < -0.39 is 5.91 Å². The molecule has 102 valence electrons. The summed E-state index contributed by atoms with van der Waals surface area (Å²) >= 11 is 0. The Morgan fingerprint density at radius 2 is 2.05 bits per heavy atom. The smallest absolute Gasteiger partial charge is 0.291 e. The summed E-state index contributed by atoms with van der Waals surface area (Å²) in [4.78, 5) is 22.4. The normalized spacial score (nSPS) is 10.4. The topological polar surface area (TPSA) is 96.4 Å². The molecule has 7 nitrogen and oxygen atoms in total. The van der Waals surface area contributed by atoms with Crippen molar-refractivity contribution >= 4 is 12.1 Å². The molecular formula is C13H12N4O3. The van der Waals surface area contributed by atoms with E-state index in [1.54, 1.807) is 31.4 Å². The van der Waals surface area contributed by atoms with Crippen LogP contribution >= 0.6 is 0 Å². The van der Waals surface area contributed by atoms with Gasteiger partial charge in [0.15, 0.2) is 5.69 Å². The summed E-state index contributed by atoms with van der Waals surface area (Å²) in [5.74, 6) is 0.231. The molecule has 2 aromatic rings. The van der Waals surface area contributed by atoms with Crippen LogP contribution in [0.25, 0.3) is 0 Å². The van der Waals surface area contributed by atoms with Gasteiger partial charge in [-0.15, -0.1) is 0 Å². The number of hydrogen-bond acceptors (Lipinski definition) is 5. The average molecular weight is 272 g/mol. The minimum absolute atomic E-state index is 0.0801. The molecule has 20 heavy (non-hydrogen) atoms. The molecule has 0 unspecified atom stereocenters. The Balaban J connectivity index is 1.96. The molecule has 0 bridgehead atoms. The number of nitrogens with one attached hydrogen (secondary N) is 2. The number of aromatic amines is 1. The predicted molar refractivity (Wildman–Crippen MR) is 72.9 cm³/mol. The quantitative estimate of drug-likeness (QED) is 0.627. The molecule has 1 aromatic carbocycles. The van der Waals surface area contributed by atoms with Gasteiger partial charge in [0.2, 0.25) is 0 Å². The van der Waals surface area contributed by atoms with Crippen LogP contribution in [0.1, 0.15) is 16.1 Å². The van der Waals surface area contributed by atoms with Gasteiger partial charge < -0.3 is 4.74 Å². The molecule has 1 aromatic heterocycles. The highest BCUT2D eigenvalue weighted by atomic mass is 16.5. The first kappa shape index (κ1) is 13.5. The molecular weight excluding hydrogens is 260 g/mol. The Hall–Kier alpha value is -2.96. The Morgan fingerprint density at radius 3 is 2.65 bits per heavy atom. The van der Waals surface area contributed by atoms with Gasteiger partial charge in [-0.05, 0) is 35.9 Å². The van der Waals surface area contributed by atoms with Crippen LogP contribution < -0.4 is 15.7 Å². The van der Waals surface area contributed by atoms with Gasteiger partial charge in [-0.1, -0.05) is 0 Å². The molecule has 1 amide bonds. The number of hydrazone groups is 1. The maximum Gasteiger partial charge on any atom is 0.291 e. The Bertz CT molecular complexity index is 656. The van der Waals surface area contributed by atoms with Crippen molar-refractivity contribution in [2.24, 2.45) is 5.10 Å². The van der Waals surface area contributed by atoms with Gasteiger partial charge in [-0.3, -0.25) is 9.59 Å². The molecule has 0 spiro atoms. The van der Waals surface area contributed by atoms with Crippen molar-refractivity contribution < 1.29 is 9.53 Å². The number of rotatable bonds is 4. The number of hydrogen-bond donors (Lipinski definition) is 2. The van der Waals surface area contributed by atoms with Crippen molar-refractivity contribution in [3.8, 4) is 5.75 Å². The summed E-state index contributed by atoms with van der Waals surface area (Å²) < 4.78 is 5.03. The third-order valence-corrected chi connectivity index (χ3v) is 2.41. The Morgan fingerprint density at radius 1 is 1.30 bits per heavy atom. The van der Waals surface area contributed by atoms with Crippen molar-refractivity contribution in [2.75, 3.05) is 7.11 Å². The molecule has 0 fully saturated rings. The number of amides is 1. The van der Waals surface area contributed by atoms with Gasteiger partial charge in [-0.2, -0.15) is 10.2 Å². The summed E-state index contributed by atoms with van der Waals surface area (Å²) in [6.45, 7) is 0. The summed E-state index contributed by atoms with van der Waals surface area (Å²) in [5, 5.41) is 9.55. The lowest BCUT2D eigenvalue weighted by molar-refractivity contribution is 0.0949. The maximum atomic E-state index is 11.6. The van der Waals surface area contributed by atoms with Crippen LogP contribution in [0.3, 0.4) is 0 Å². The van der Waals surface area contributed by atoms with E-state index in [0.29, 0.717) is 0 Å². The molecule has 7 heteroatoms. The van der Waals surface area contributed by atoms with E-state index in [0.717, 1.165) is 11.3 Å². The lowest BCUT2D eigenvalue weighted by atomic mass is 10.2. The minimum Gasteiger partial charge on any atom is -0.497 e. The number of carbonyl (C=O) groups is 1. The number of methoxy groups -OCH3 is 1. The van der Waals surface area contributed by atoms with Crippen molar-refractivity contribution in [3.63, 3.8) is 0 Å². The first-order valence-corrected chi connectivity index (χ1v) is 5.72. The fourth-order valence-corrected chi connectivity index (χ4v) is 1.38. The average Bonchev–Trinajstić information content (AvgIpc) is 2.48. The third-order valence-electron chi connectivity index (χ3n) is 2.41. The van der Waals surface area contributed by atoms with Crippen LogP contribution in [0.4, 0.5) is 0 Å². The lowest BCUT2D eigenvalue weighted by Crippen LogP contribution is -2.21. The SMILES string of the molecule is COc1ccc(C=NNC(=O)c2ccc(=O)[nH]n2)cc1. The Kier molecular flexibility index (Phi) is 4.23. The molecule has 0 aliphatic rings. The molecule has 2 rings (SSSR count). The summed E-state index contributed by atoms with van der Waals surface area (Å²) in [6, 6.07) is 9.70. The number of aromatic nitrogens is 2. The van der Waals surface area contributed by atoms with Crippen molar-refractivity contribution in [3.05, 3.63) is 58.0 Å². The van der Waals surface area contributed by atoms with E-state index in [-0.39, 0.29) is 11.3 Å². The van der Waals surface area contributed by atoms with Gasteiger partial charge in [0.1, 0.15) is 5.75 Å². The molecule has 2 N–H and O–H groups in total. The molecule has 0 radical (unpaired) electrons. The van der Waals surface area contributed by atoms with Crippen LogP contribution in [-0.4, -0.2) is 29.4 Å². The number of H-pyrrole nitrogens is 1. The number of benzene rings is 1. The highest BCUT2D eigenvalue weighted by Crippen LogP contribution is 2.09. The van der Waals surface area contributed by atoms with Crippen LogP contribution in [0, 0.1) is 0 Å². The molecule has 0 aliphatic heterocycles. The molecule has 0 aliphatic carbocycles. The zero-order valence-electron chi connectivity index (χ0n) is 10.7. The molecule has 0 atom stereocenters. The minimum atomic E-state index is -0.508. The monoisotopic (exact) mass is 272 g/mol. The highest BCUT2D eigenvalue weighted by molar-refractivity contribution is 5.92. The first-order valence-electron chi connectivity index (χ1n) is 5.72. The van der Waals surface area contributed by atoms with E-state index >= 15 is 0 Å². The highest BCUT2D eigenvalue weighted by Gasteiger charge is 2.05. The van der Waals surface area contributed by atoms with Crippen LogP contribution in [0.5, 0.6) is 5.75 Å². The van der Waals surface area contributed by atoms with E-state index in [1.165, 1.54) is 18.3 Å². The Labute approximate surface area is 114 Å². The van der Waals surface area contributed by atoms with Crippen molar-refractivity contribution in [1.82, 2.24) is 15.6 Å². The van der Waals surface area contributed by atoms with Crippen LogP contribution in [-0.2, 0) is 0 Å². The number of carbonyl (C=O) groups excluding carboxylic acids is 1. The predicted octanol–water partition coefficient (Wildman–Crippen LogP) is 0.542. The van der Waals surface area contributed by atoms with E-state index in [9.17, 15) is 9.59 Å². The number of nitrogens with zero attached hydrogens (tertiary/aromatic N) is 2. The summed E-state index contributed by atoms with van der Waals surface area (Å²) in [6.07, 6.45) is 1.49. The van der Waals surface area contributed by atoms with E-state index in [4.69, 9.17) is 4.74 Å². The third kappa shape index (κ3) is 3.52. The van der Waals surface area contributed by atoms with Gasteiger partial charge in [-0.25, -0.2) is 10.5 Å². The zero-order valence-corrected chi connectivity index (χ0v) is 10.7. The first-order chi connectivity index (χ1) is 9.69. The zero-order chi connectivity index (χ0) is 14.4. The van der Waals surface area contributed by atoms with Crippen LogP contribution in [0.15, 0.2) is 46.3 Å². The summed E-state index contributed by atoms with van der Waals surface area (Å²) in [7, 11) is 1.58. The maximum absolute atomic E-state index is 11.6. The van der Waals surface area contributed by atoms with Crippen molar-refractivity contribution in [1.29, 1.82) is 0 Å². The number of ether oxygens (including phenoxy) is 1. The second kappa shape index (κ2) is 6.28. The van der Waals surface area contributed by atoms with E-state index in [1.807, 2.05) is 0 Å². The fraction of sp³-hybridized carbons (Fsp3) is 0.0769. The van der Waals surface area contributed by atoms with Crippen LogP contribution in [0.2, 0.25) is 0 Å². The lowest BCUT2D eigenvalue weighted by Gasteiger charge is -1.99. The molecule has 0 saturated heterocycles. The largest absolute Gasteiger partial charge is 0.497 e.